The van der Waals surface area contributed by atoms with E-state index in [-0.39, 0.29) is 11.1 Å². The number of hydrogen-bond donors (Lipinski definition) is 1. The normalized spacial score (nSPS) is 16.7. The van der Waals surface area contributed by atoms with Gasteiger partial charge in [0.05, 0.1) is 24.1 Å². The van der Waals surface area contributed by atoms with Gasteiger partial charge in [0.1, 0.15) is 0 Å². The molecule has 1 aromatic carbocycles. The lowest BCUT2D eigenvalue weighted by Crippen LogP contribution is -2.01. The number of nitrogens with two attached hydrogens (primary N) is 1. The van der Waals surface area contributed by atoms with Gasteiger partial charge in [-0.05, 0) is 29.5 Å². The third kappa shape index (κ3) is 2.85. The number of methoxy groups -OCH3 is 2. The van der Waals surface area contributed by atoms with E-state index in [1.807, 2.05) is 0 Å². The van der Waals surface area contributed by atoms with Crippen molar-refractivity contribution in [2.45, 2.75) is 0 Å². The van der Waals surface area contributed by atoms with Gasteiger partial charge >= 0.3 is 0 Å². The van der Waals surface area contributed by atoms with Crippen molar-refractivity contribution in [3.63, 3.8) is 0 Å². The summed E-state index contributed by atoms with van der Waals surface area (Å²) < 4.78 is 10.3. The van der Waals surface area contributed by atoms with Gasteiger partial charge in [0.2, 0.25) is 0 Å². The van der Waals surface area contributed by atoms with Crippen LogP contribution in [0.2, 0.25) is 5.02 Å². The Hall–Kier alpha value is -1.66. The molecule has 0 unspecified atom stereocenters. The van der Waals surface area contributed by atoms with E-state index in [4.69, 9.17) is 26.8 Å². The molecule has 1 heterocycles. The molecule has 2 rings (SSSR count). The van der Waals surface area contributed by atoms with Crippen molar-refractivity contribution < 1.29 is 14.3 Å². The van der Waals surface area contributed by atoms with Crippen LogP contribution < -0.4 is 15.2 Å². The molecule has 0 aromatic heterocycles. The molecule has 0 saturated carbocycles. The zero-order valence-corrected chi connectivity index (χ0v) is 11.8. The molecule has 1 aliphatic heterocycles. The molecule has 1 aromatic rings. The number of halogens is 1. The number of hydrogen-bond acceptors (Lipinski definition) is 5. The molecule has 0 fully saturated rings. The van der Waals surface area contributed by atoms with Crippen LogP contribution in [0.15, 0.2) is 22.0 Å². The lowest BCUT2D eigenvalue weighted by atomic mass is 10.2. The van der Waals surface area contributed by atoms with Crippen LogP contribution in [0.4, 0.5) is 0 Å². The Morgan fingerprint density at radius 1 is 1.32 bits per heavy atom. The Kier molecular flexibility index (Phi) is 4.01. The van der Waals surface area contributed by atoms with Gasteiger partial charge in [0.25, 0.3) is 5.91 Å². The summed E-state index contributed by atoms with van der Waals surface area (Å²) in [5.41, 5.74) is 6.12. The second kappa shape index (κ2) is 5.54. The van der Waals surface area contributed by atoms with E-state index in [2.05, 4.69) is 4.99 Å². The van der Waals surface area contributed by atoms with Gasteiger partial charge in [0, 0.05) is 6.07 Å². The topological polar surface area (TPSA) is 73.9 Å². The van der Waals surface area contributed by atoms with Crippen LogP contribution in [0.3, 0.4) is 0 Å². The van der Waals surface area contributed by atoms with E-state index in [1.165, 1.54) is 14.2 Å². The summed E-state index contributed by atoms with van der Waals surface area (Å²) in [4.78, 5) is 15.6. The van der Waals surface area contributed by atoms with Gasteiger partial charge in [-0.3, -0.25) is 4.79 Å². The predicted octanol–water partition coefficient (Wildman–Crippen LogP) is 2.29. The average Bonchev–Trinajstić information content (AvgIpc) is 2.69. The number of rotatable bonds is 3. The quantitative estimate of drug-likeness (QED) is 0.867. The van der Waals surface area contributed by atoms with Crippen LogP contribution in [0.1, 0.15) is 5.56 Å². The fraction of sp³-hybridized carbons (Fsp3) is 0.167. The number of nitrogens with zero attached hydrogens (tertiary/aromatic N) is 1. The Labute approximate surface area is 119 Å². The first-order valence-corrected chi connectivity index (χ1v) is 6.44. The summed E-state index contributed by atoms with van der Waals surface area (Å²) in [5.74, 6) is 0.687. The van der Waals surface area contributed by atoms with Gasteiger partial charge in [-0.2, -0.15) is 4.99 Å². The van der Waals surface area contributed by atoms with E-state index in [0.717, 1.165) is 11.8 Å². The minimum Gasteiger partial charge on any atom is -0.493 e. The molecule has 2 N–H and O–H groups in total. The molecule has 100 valence electrons. The van der Waals surface area contributed by atoms with E-state index < -0.39 is 0 Å². The van der Waals surface area contributed by atoms with Crippen molar-refractivity contribution in [1.82, 2.24) is 0 Å². The molecule has 19 heavy (non-hydrogen) atoms. The highest BCUT2D eigenvalue weighted by Crippen LogP contribution is 2.36. The van der Waals surface area contributed by atoms with Gasteiger partial charge in [-0.1, -0.05) is 11.6 Å². The number of benzene rings is 1. The fourth-order valence-electron chi connectivity index (χ4n) is 1.55. The standard InChI is InChI=1S/C12H11ClN2O3S/c1-17-8-3-6(7(13)5-9(8)18-2)4-10-11(16)15-12(14)19-10/h3-5H,1-2H3,(H2,14,15,16)/b10-4-. The summed E-state index contributed by atoms with van der Waals surface area (Å²) >= 11 is 7.24. The van der Waals surface area contributed by atoms with Crippen molar-refractivity contribution in [1.29, 1.82) is 0 Å². The second-order valence-corrected chi connectivity index (χ2v) is 5.06. The molecule has 1 amide bonds. The molecule has 7 heteroatoms. The summed E-state index contributed by atoms with van der Waals surface area (Å²) in [7, 11) is 3.05. The Bertz CT molecular complexity index is 599. The number of aliphatic imine (C=N–C) groups is 1. The third-order valence-corrected chi connectivity index (χ3v) is 3.57. The SMILES string of the molecule is COc1cc(Cl)c(/C=C2\SC(N)=NC2=O)cc1OC. The summed E-state index contributed by atoms with van der Waals surface area (Å²) in [6, 6.07) is 3.32. The molecule has 0 aliphatic carbocycles. The first-order chi connectivity index (χ1) is 9.05. The van der Waals surface area contributed by atoms with Gasteiger partial charge in [-0.25, -0.2) is 0 Å². The summed E-state index contributed by atoms with van der Waals surface area (Å²) in [6.07, 6.45) is 1.63. The molecule has 0 bridgehead atoms. The highest BCUT2D eigenvalue weighted by atomic mass is 35.5. The first-order valence-electron chi connectivity index (χ1n) is 5.24. The zero-order chi connectivity index (χ0) is 14.0. The molecule has 5 nitrogen and oxygen atoms in total. The van der Waals surface area contributed by atoms with Crippen LogP contribution in [-0.4, -0.2) is 25.3 Å². The van der Waals surface area contributed by atoms with Crippen molar-refractivity contribution in [2.24, 2.45) is 10.7 Å². The zero-order valence-electron chi connectivity index (χ0n) is 10.3. The number of thioether (sulfide) groups is 1. The van der Waals surface area contributed by atoms with Crippen molar-refractivity contribution in [3.05, 3.63) is 27.6 Å². The molecule has 1 aliphatic rings. The van der Waals surface area contributed by atoms with Gasteiger partial charge in [0.15, 0.2) is 16.7 Å². The maximum atomic E-state index is 11.5. The number of ether oxygens (including phenoxy) is 2. The van der Waals surface area contributed by atoms with Crippen molar-refractivity contribution in [3.8, 4) is 11.5 Å². The number of carbonyl (C=O) groups is 1. The Morgan fingerprint density at radius 2 is 1.95 bits per heavy atom. The maximum Gasteiger partial charge on any atom is 0.286 e. The first kappa shape index (κ1) is 13.8. The fourth-order valence-corrected chi connectivity index (χ4v) is 2.43. The highest BCUT2D eigenvalue weighted by molar-refractivity contribution is 8.18. The predicted molar refractivity (Wildman–Crippen MR) is 76.8 cm³/mol. The molecule has 0 radical (unpaired) electrons. The number of amides is 1. The van der Waals surface area contributed by atoms with Gasteiger partial charge < -0.3 is 15.2 Å². The molecule has 0 atom stereocenters. The maximum absolute atomic E-state index is 11.5. The molecular weight excluding hydrogens is 288 g/mol. The number of amidine groups is 1. The second-order valence-electron chi connectivity index (χ2n) is 3.59. The van der Waals surface area contributed by atoms with Crippen LogP contribution in [0.5, 0.6) is 11.5 Å². The highest BCUT2D eigenvalue weighted by Gasteiger charge is 2.20. The lowest BCUT2D eigenvalue weighted by molar-refractivity contribution is -0.113. The van der Waals surface area contributed by atoms with Crippen LogP contribution in [0, 0.1) is 0 Å². The monoisotopic (exact) mass is 298 g/mol. The van der Waals surface area contributed by atoms with E-state index in [0.29, 0.717) is 27.0 Å². The number of carbonyl (C=O) groups excluding carboxylic acids is 1. The molecular formula is C12H11ClN2O3S. The molecule has 0 saturated heterocycles. The van der Waals surface area contributed by atoms with E-state index >= 15 is 0 Å². The van der Waals surface area contributed by atoms with Crippen molar-refractivity contribution >= 4 is 40.5 Å². The minimum absolute atomic E-state index is 0.229. The largest absolute Gasteiger partial charge is 0.493 e. The average molecular weight is 299 g/mol. The van der Waals surface area contributed by atoms with Gasteiger partial charge in [-0.15, -0.1) is 0 Å². The Morgan fingerprint density at radius 3 is 2.47 bits per heavy atom. The Balaban J connectivity index is 2.41. The van der Waals surface area contributed by atoms with Crippen molar-refractivity contribution in [2.75, 3.05) is 14.2 Å². The summed E-state index contributed by atoms with van der Waals surface area (Å²) in [5, 5.41) is 0.678. The summed E-state index contributed by atoms with van der Waals surface area (Å²) in [6.45, 7) is 0. The van der Waals surface area contributed by atoms with Crippen LogP contribution in [-0.2, 0) is 4.79 Å². The lowest BCUT2D eigenvalue weighted by Gasteiger charge is -2.09. The smallest absolute Gasteiger partial charge is 0.286 e. The van der Waals surface area contributed by atoms with Crippen LogP contribution >= 0.6 is 23.4 Å². The van der Waals surface area contributed by atoms with E-state index in [9.17, 15) is 4.79 Å². The van der Waals surface area contributed by atoms with Crippen LogP contribution in [0.25, 0.3) is 6.08 Å². The minimum atomic E-state index is -0.367. The molecule has 0 spiro atoms. The third-order valence-electron chi connectivity index (χ3n) is 2.43. The van der Waals surface area contributed by atoms with E-state index in [1.54, 1.807) is 18.2 Å².